The van der Waals surface area contributed by atoms with Crippen LogP contribution in [0, 0.1) is 22.6 Å². The van der Waals surface area contributed by atoms with E-state index in [2.05, 4.69) is 20.6 Å². The molecular formula is C22H21FN6O2. The van der Waals surface area contributed by atoms with Crippen LogP contribution >= 0.6 is 0 Å². The van der Waals surface area contributed by atoms with Gasteiger partial charge >= 0.3 is 0 Å². The number of halogens is 1. The van der Waals surface area contributed by atoms with Crippen molar-refractivity contribution in [1.29, 1.82) is 5.26 Å². The van der Waals surface area contributed by atoms with Crippen LogP contribution in [-0.2, 0) is 9.53 Å². The quantitative estimate of drug-likeness (QED) is 0.659. The van der Waals surface area contributed by atoms with Crippen molar-refractivity contribution < 1.29 is 13.9 Å². The molecule has 158 valence electrons. The fraction of sp³-hybridized carbons (Fsp3) is 0.364. The molecule has 9 heteroatoms. The second-order valence-electron chi connectivity index (χ2n) is 8.55. The van der Waals surface area contributed by atoms with Gasteiger partial charge in [0.05, 0.1) is 42.6 Å². The average molecular weight is 420 g/mol. The molecule has 31 heavy (non-hydrogen) atoms. The second-order valence-corrected chi connectivity index (χ2v) is 8.55. The SMILES string of the molecule is CC(C(=O)Nc1cc(C2CC3(COC3)C2)[nH]n1)c1cnn(-c2cc(F)cc(C#N)c2)c1. The highest BCUT2D eigenvalue weighted by Crippen LogP contribution is 2.54. The van der Waals surface area contributed by atoms with E-state index in [1.165, 1.54) is 16.8 Å². The smallest absolute Gasteiger partial charge is 0.232 e. The summed E-state index contributed by atoms with van der Waals surface area (Å²) in [6.07, 6.45) is 5.40. The van der Waals surface area contributed by atoms with Gasteiger partial charge in [0.25, 0.3) is 0 Å². The van der Waals surface area contributed by atoms with Gasteiger partial charge in [-0.3, -0.25) is 9.89 Å². The molecule has 8 nitrogen and oxygen atoms in total. The van der Waals surface area contributed by atoms with Crippen LogP contribution in [-0.4, -0.2) is 39.1 Å². The Balaban J connectivity index is 1.24. The van der Waals surface area contributed by atoms with E-state index in [0.717, 1.165) is 37.8 Å². The second kappa shape index (κ2) is 7.32. The molecule has 3 heterocycles. The molecule has 1 saturated heterocycles. The van der Waals surface area contributed by atoms with Gasteiger partial charge in [0.1, 0.15) is 5.82 Å². The average Bonchev–Trinajstić information content (AvgIpc) is 3.35. The summed E-state index contributed by atoms with van der Waals surface area (Å²) < 4.78 is 20.5. The van der Waals surface area contributed by atoms with Crippen LogP contribution in [0.15, 0.2) is 36.7 Å². The number of hydrogen-bond donors (Lipinski definition) is 2. The van der Waals surface area contributed by atoms with Crippen LogP contribution in [0.2, 0.25) is 0 Å². The maximum atomic E-state index is 13.7. The summed E-state index contributed by atoms with van der Waals surface area (Å²) in [5, 5.41) is 23.3. The lowest BCUT2D eigenvalue weighted by atomic mass is 9.60. The fourth-order valence-electron chi connectivity index (χ4n) is 4.30. The predicted molar refractivity (Wildman–Crippen MR) is 109 cm³/mol. The molecule has 1 aliphatic carbocycles. The van der Waals surface area contributed by atoms with E-state index in [1.807, 2.05) is 12.1 Å². The van der Waals surface area contributed by atoms with Crippen LogP contribution in [0.4, 0.5) is 10.2 Å². The minimum Gasteiger partial charge on any atom is -0.380 e. The predicted octanol–water partition coefficient (Wildman–Crippen LogP) is 3.24. The standard InChI is InChI=1S/C22H21FN6O2/c1-13(16-9-25-29(10-16)18-3-14(8-24)2-17(23)4-18)21(30)26-20-5-19(27-28-20)15-6-22(7-15)11-31-12-22/h2-5,9-10,13,15H,6-7,11-12H2,1H3,(H2,26,27,28,30). The third kappa shape index (κ3) is 3.59. The number of hydrogen-bond acceptors (Lipinski definition) is 5. The lowest BCUT2D eigenvalue weighted by molar-refractivity contribution is -0.164. The van der Waals surface area contributed by atoms with Crippen molar-refractivity contribution in [2.24, 2.45) is 5.41 Å². The molecule has 2 N–H and O–H groups in total. The molecule has 5 rings (SSSR count). The number of ether oxygens (including phenoxy) is 1. The number of nitrogens with one attached hydrogen (secondary N) is 2. The zero-order valence-electron chi connectivity index (χ0n) is 16.9. The zero-order chi connectivity index (χ0) is 21.6. The number of nitriles is 1. The first-order chi connectivity index (χ1) is 14.9. The van der Waals surface area contributed by atoms with Crippen molar-refractivity contribution in [3.8, 4) is 11.8 Å². The lowest BCUT2D eigenvalue weighted by Gasteiger charge is -2.53. The Morgan fingerprint density at radius 2 is 2.19 bits per heavy atom. The van der Waals surface area contributed by atoms with Crippen molar-refractivity contribution in [2.75, 3.05) is 18.5 Å². The van der Waals surface area contributed by atoms with Gasteiger partial charge in [0, 0.05) is 34.9 Å². The van der Waals surface area contributed by atoms with Gasteiger partial charge in [-0.1, -0.05) is 0 Å². The number of anilines is 1. The summed E-state index contributed by atoms with van der Waals surface area (Å²) in [7, 11) is 0. The molecule has 3 aromatic rings. The van der Waals surface area contributed by atoms with Gasteiger partial charge < -0.3 is 10.1 Å². The molecular weight excluding hydrogens is 399 g/mol. The highest BCUT2D eigenvalue weighted by molar-refractivity contribution is 5.94. The summed E-state index contributed by atoms with van der Waals surface area (Å²) in [6.45, 7) is 3.46. The molecule has 1 atom stereocenters. The lowest BCUT2D eigenvalue weighted by Crippen LogP contribution is -2.51. The van der Waals surface area contributed by atoms with Crippen LogP contribution in [0.3, 0.4) is 0 Å². The van der Waals surface area contributed by atoms with Gasteiger partial charge in [0.15, 0.2) is 5.82 Å². The van der Waals surface area contributed by atoms with E-state index in [1.54, 1.807) is 19.3 Å². The first-order valence-corrected chi connectivity index (χ1v) is 10.1. The van der Waals surface area contributed by atoms with E-state index < -0.39 is 11.7 Å². The number of H-pyrrole nitrogens is 1. The summed E-state index contributed by atoms with van der Waals surface area (Å²) >= 11 is 0. The molecule has 1 saturated carbocycles. The highest BCUT2D eigenvalue weighted by atomic mass is 19.1. The normalized spacial score (nSPS) is 18.1. The first kappa shape index (κ1) is 19.5. The first-order valence-electron chi connectivity index (χ1n) is 10.1. The zero-order valence-corrected chi connectivity index (χ0v) is 16.9. The summed E-state index contributed by atoms with van der Waals surface area (Å²) in [5.74, 6) is -0.298. The molecule has 2 fully saturated rings. The van der Waals surface area contributed by atoms with Crippen LogP contribution < -0.4 is 5.32 Å². The number of aromatic nitrogens is 4. The van der Waals surface area contributed by atoms with E-state index in [4.69, 9.17) is 10.00 Å². The largest absolute Gasteiger partial charge is 0.380 e. The highest BCUT2D eigenvalue weighted by Gasteiger charge is 2.50. The molecule has 1 amide bonds. The van der Waals surface area contributed by atoms with Gasteiger partial charge in [-0.2, -0.15) is 15.5 Å². The van der Waals surface area contributed by atoms with Gasteiger partial charge in [0.2, 0.25) is 5.91 Å². The maximum absolute atomic E-state index is 13.7. The molecule has 2 aliphatic rings. The Morgan fingerprint density at radius 3 is 2.90 bits per heavy atom. The van der Waals surface area contributed by atoms with E-state index >= 15 is 0 Å². The molecule has 1 unspecified atom stereocenters. The van der Waals surface area contributed by atoms with Crippen molar-refractivity contribution in [2.45, 2.75) is 31.6 Å². The number of carbonyl (C=O) groups excluding carboxylic acids is 1. The molecule has 1 aromatic carbocycles. The molecule has 2 aromatic heterocycles. The molecule has 1 aliphatic heterocycles. The maximum Gasteiger partial charge on any atom is 0.232 e. The Kier molecular flexibility index (Phi) is 4.59. The van der Waals surface area contributed by atoms with Gasteiger partial charge in [-0.15, -0.1) is 0 Å². The fourth-order valence-corrected chi connectivity index (χ4v) is 4.30. The Morgan fingerprint density at radius 1 is 1.39 bits per heavy atom. The minimum absolute atomic E-state index is 0.203. The Hall–Kier alpha value is -3.51. The Bertz CT molecular complexity index is 1180. The van der Waals surface area contributed by atoms with Crippen molar-refractivity contribution in [3.05, 3.63) is 59.3 Å². The van der Waals surface area contributed by atoms with E-state index in [9.17, 15) is 9.18 Å². The van der Waals surface area contributed by atoms with Gasteiger partial charge in [-0.05, 0) is 38.0 Å². The van der Waals surface area contributed by atoms with E-state index in [0.29, 0.717) is 28.4 Å². The number of aromatic amines is 1. The van der Waals surface area contributed by atoms with Crippen LogP contribution in [0.5, 0.6) is 0 Å². The summed E-state index contributed by atoms with van der Waals surface area (Å²) in [6, 6.07) is 7.79. The Labute approximate surface area is 178 Å². The monoisotopic (exact) mass is 420 g/mol. The van der Waals surface area contributed by atoms with Crippen LogP contribution in [0.1, 0.15) is 48.4 Å². The van der Waals surface area contributed by atoms with Crippen LogP contribution in [0.25, 0.3) is 5.69 Å². The van der Waals surface area contributed by atoms with E-state index in [-0.39, 0.29) is 11.5 Å². The van der Waals surface area contributed by atoms with Crippen molar-refractivity contribution in [3.63, 3.8) is 0 Å². The topological polar surface area (TPSA) is 109 Å². The molecule has 1 spiro atoms. The third-order valence-corrected chi connectivity index (χ3v) is 6.24. The van der Waals surface area contributed by atoms with Crippen molar-refractivity contribution >= 4 is 11.7 Å². The number of carbonyl (C=O) groups is 1. The summed E-state index contributed by atoms with van der Waals surface area (Å²) in [4.78, 5) is 12.7. The number of benzene rings is 1. The third-order valence-electron chi connectivity index (χ3n) is 6.24. The minimum atomic E-state index is -0.520. The number of rotatable bonds is 5. The number of amides is 1. The summed E-state index contributed by atoms with van der Waals surface area (Å²) in [5.41, 5.74) is 2.69. The number of nitrogens with zero attached hydrogens (tertiary/aromatic N) is 4. The molecule has 0 bridgehead atoms. The van der Waals surface area contributed by atoms with Crippen molar-refractivity contribution in [1.82, 2.24) is 20.0 Å². The molecule has 0 radical (unpaired) electrons. The van der Waals surface area contributed by atoms with Gasteiger partial charge in [-0.25, -0.2) is 9.07 Å².